The van der Waals surface area contributed by atoms with E-state index in [1.807, 2.05) is 0 Å². The number of rotatable bonds is 1. The fraction of sp³-hybridized carbons (Fsp3) is 0. The van der Waals surface area contributed by atoms with Gasteiger partial charge in [-0.1, -0.05) is 0 Å². The zero-order chi connectivity index (χ0) is 5.15. The summed E-state index contributed by atoms with van der Waals surface area (Å²) in [6.07, 6.45) is 0. The zero-order valence-electron chi connectivity index (χ0n) is 2.91. The first kappa shape index (κ1) is 6.11. The molecular weight excluding hydrogens is 122 g/mol. The lowest BCUT2D eigenvalue weighted by Gasteiger charge is -1.85. The Hall–Kier alpha value is 0.115. The van der Waals surface area contributed by atoms with Crippen LogP contribution in [0.3, 0.4) is 0 Å². The fourth-order valence-corrected chi connectivity index (χ4v) is 0. The number of amidine groups is 1. The van der Waals surface area contributed by atoms with E-state index in [1.54, 1.807) is 0 Å². The van der Waals surface area contributed by atoms with Crippen molar-refractivity contribution < 1.29 is 0 Å². The quantitative estimate of drug-likeness (QED) is 0.297. The molecule has 0 radical (unpaired) electrons. The summed E-state index contributed by atoms with van der Waals surface area (Å²) in [4.78, 5) is 0. The van der Waals surface area contributed by atoms with Crippen molar-refractivity contribution in [2.24, 2.45) is 5.73 Å². The highest BCUT2D eigenvalue weighted by molar-refractivity contribution is 7.46. The molecule has 6 heavy (non-hydrogen) atoms. The van der Waals surface area contributed by atoms with Gasteiger partial charge in [0, 0.05) is 0 Å². The van der Waals surface area contributed by atoms with Gasteiger partial charge in [-0.2, -0.15) is 22.9 Å². The van der Waals surface area contributed by atoms with Crippen LogP contribution >= 0.6 is 22.9 Å². The topological polar surface area (TPSA) is 49.9 Å². The molecule has 0 aromatic carbocycles. The summed E-state index contributed by atoms with van der Waals surface area (Å²) in [6, 6.07) is 0. The van der Waals surface area contributed by atoms with Gasteiger partial charge in [-0.25, -0.2) is 0 Å². The summed E-state index contributed by atoms with van der Waals surface area (Å²) in [6.45, 7) is 0. The Balaban J connectivity index is 3.26. The van der Waals surface area contributed by atoms with E-state index in [0.717, 1.165) is 0 Å². The third kappa shape index (κ3) is 2.36. The van der Waals surface area contributed by atoms with Crippen molar-refractivity contribution in [1.82, 2.24) is 0 Å². The Bertz CT molecular complexity index is 62.6. The summed E-state index contributed by atoms with van der Waals surface area (Å²) in [7, 11) is 0. The molecule has 0 amide bonds. The minimum atomic E-state index is -0.843. The maximum atomic E-state index is 6.46. The van der Waals surface area contributed by atoms with Crippen LogP contribution in [0.4, 0.5) is 0 Å². The Labute approximate surface area is 46.0 Å². The van der Waals surface area contributed by atoms with Gasteiger partial charge in [-0.3, -0.25) is 5.41 Å². The summed E-state index contributed by atoms with van der Waals surface area (Å²) < 4.78 is 0. The SMILES string of the molecule is N=C(N)B(Cl)Cl. The minimum absolute atomic E-state index is 0.210. The van der Waals surface area contributed by atoms with E-state index >= 15 is 0 Å². The van der Waals surface area contributed by atoms with Crippen molar-refractivity contribution in [2.75, 3.05) is 0 Å². The van der Waals surface area contributed by atoms with Gasteiger partial charge >= 0.3 is 5.54 Å². The molecule has 34 valence electrons. The van der Waals surface area contributed by atoms with Crippen molar-refractivity contribution in [3.63, 3.8) is 0 Å². The number of nitrogens with one attached hydrogen (secondary N) is 1. The lowest BCUT2D eigenvalue weighted by molar-refractivity contribution is 1.50. The highest BCUT2D eigenvalue weighted by Crippen LogP contribution is 1.91. The average Bonchev–Trinajstić information content (AvgIpc) is 1.36. The standard InChI is InChI=1S/CH3BCl2N2/c3-2(4)1(5)6/h(H3,5,6). The predicted octanol–water partition coefficient (Wildman–Crippen LogP) is 0.427. The lowest BCUT2D eigenvalue weighted by atomic mass is 10.1. The highest BCUT2D eigenvalue weighted by atomic mass is 35.5. The summed E-state index contributed by atoms with van der Waals surface area (Å²) in [5, 5.41) is 6.46. The molecule has 0 fully saturated rings. The zero-order valence-corrected chi connectivity index (χ0v) is 4.42. The summed E-state index contributed by atoms with van der Waals surface area (Å²) in [5.74, 6) is 0. The highest BCUT2D eigenvalue weighted by Gasteiger charge is 2.06. The van der Waals surface area contributed by atoms with E-state index in [-0.39, 0.29) is 5.73 Å². The second-order valence-electron chi connectivity index (χ2n) is 0.756. The van der Waals surface area contributed by atoms with Gasteiger partial charge in [0.15, 0.2) is 0 Å². The number of nitrogens with two attached hydrogens (primary N) is 1. The number of halogens is 2. The smallest absolute Gasteiger partial charge is 0.393 e. The maximum absolute atomic E-state index is 6.46. The van der Waals surface area contributed by atoms with Gasteiger partial charge in [-0.15, -0.1) is 0 Å². The molecule has 0 atom stereocenters. The van der Waals surface area contributed by atoms with Gasteiger partial charge in [-0.05, 0) is 0 Å². The van der Waals surface area contributed by atoms with Crippen LogP contribution in [0.5, 0.6) is 0 Å². The Morgan fingerprint density at radius 2 is 1.83 bits per heavy atom. The third-order valence-corrected chi connectivity index (χ3v) is 0.705. The predicted molar refractivity (Wildman–Crippen MR) is 29.4 cm³/mol. The van der Waals surface area contributed by atoms with Crippen LogP contribution in [-0.2, 0) is 0 Å². The molecule has 0 aromatic rings. The van der Waals surface area contributed by atoms with Crippen molar-refractivity contribution in [3.05, 3.63) is 0 Å². The van der Waals surface area contributed by atoms with E-state index in [9.17, 15) is 0 Å². The normalized spacial score (nSPS) is 7.67. The van der Waals surface area contributed by atoms with Crippen molar-refractivity contribution in [2.45, 2.75) is 0 Å². The number of hydrogen-bond acceptors (Lipinski definition) is 1. The van der Waals surface area contributed by atoms with Crippen LogP contribution in [0.2, 0.25) is 0 Å². The van der Waals surface area contributed by atoms with E-state index < -0.39 is 5.54 Å². The molecule has 0 bridgehead atoms. The van der Waals surface area contributed by atoms with E-state index in [1.165, 1.54) is 0 Å². The van der Waals surface area contributed by atoms with Gasteiger partial charge in [0.1, 0.15) is 0 Å². The first-order chi connectivity index (χ1) is 2.64. The van der Waals surface area contributed by atoms with Gasteiger partial charge in [0.2, 0.25) is 0 Å². The molecule has 0 aliphatic heterocycles. The molecule has 5 heteroatoms. The van der Waals surface area contributed by atoms with Crippen molar-refractivity contribution in [3.8, 4) is 0 Å². The molecular formula is CH3BCl2N2. The first-order valence-electron chi connectivity index (χ1n) is 1.26. The molecule has 0 saturated carbocycles. The van der Waals surface area contributed by atoms with Crippen LogP contribution in [0.25, 0.3) is 0 Å². The van der Waals surface area contributed by atoms with Crippen LogP contribution in [0.1, 0.15) is 0 Å². The molecule has 2 nitrogen and oxygen atoms in total. The first-order valence-corrected chi connectivity index (χ1v) is 2.14. The fourth-order valence-electron chi connectivity index (χ4n) is 0. The molecule has 0 rings (SSSR count). The lowest BCUT2D eigenvalue weighted by Crippen LogP contribution is -2.21. The number of hydrogen-bond donors (Lipinski definition) is 2. The van der Waals surface area contributed by atoms with Crippen molar-refractivity contribution >= 4 is 34.2 Å². The summed E-state index contributed by atoms with van der Waals surface area (Å²) in [5.41, 5.74) is 3.70. The van der Waals surface area contributed by atoms with Gasteiger partial charge in [0.25, 0.3) is 0 Å². The molecule has 0 saturated heterocycles. The second kappa shape index (κ2) is 2.32. The van der Waals surface area contributed by atoms with Crippen LogP contribution < -0.4 is 5.73 Å². The van der Waals surface area contributed by atoms with Gasteiger partial charge < -0.3 is 5.73 Å². The van der Waals surface area contributed by atoms with Crippen LogP contribution in [0, 0.1) is 5.41 Å². The molecule has 0 unspecified atom stereocenters. The largest absolute Gasteiger partial charge is 0.418 e. The Kier molecular flexibility index (Phi) is 2.36. The minimum Gasteiger partial charge on any atom is -0.393 e. The van der Waals surface area contributed by atoms with E-state index in [4.69, 9.17) is 34.1 Å². The third-order valence-electron chi connectivity index (χ3n) is 0.235. The molecule has 3 N–H and O–H groups in total. The molecule has 0 aliphatic rings. The van der Waals surface area contributed by atoms with Crippen LogP contribution in [0.15, 0.2) is 0 Å². The van der Waals surface area contributed by atoms with E-state index in [2.05, 4.69) is 0 Å². The average molecular weight is 125 g/mol. The van der Waals surface area contributed by atoms with E-state index in [0.29, 0.717) is 0 Å². The summed E-state index contributed by atoms with van der Waals surface area (Å²) >= 11 is 10.1. The van der Waals surface area contributed by atoms with Gasteiger partial charge in [0.05, 0.1) is 5.73 Å². The Morgan fingerprint density at radius 3 is 1.83 bits per heavy atom. The van der Waals surface area contributed by atoms with Crippen LogP contribution in [-0.4, -0.2) is 11.3 Å². The maximum Gasteiger partial charge on any atom is 0.418 e. The molecule has 0 spiro atoms. The second-order valence-corrected chi connectivity index (χ2v) is 1.85. The molecule has 0 aliphatic carbocycles. The molecule has 0 heterocycles. The molecule has 0 aromatic heterocycles. The monoisotopic (exact) mass is 124 g/mol. The van der Waals surface area contributed by atoms with Crippen molar-refractivity contribution in [1.29, 1.82) is 5.41 Å². The Morgan fingerprint density at radius 1 is 1.67 bits per heavy atom.